The van der Waals surface area contributed by atoms with E-state index in [1.54, 1.807) is 37.4 Å². The Labute approximate surface area is 128 Å². The van der Waals surface area contributed by atoms with Crippen LogP contribution < -0.4 is 10.2 Å². The molecule has 2 aromatic carbocycles. The molecule has 6 heteroatoms. The molecule has 0 saturated heterocycles. The topological polar surface area (TPSA) is 75.5 Å². The second-order valence-electron chi connectivity index (χ2n) is 5.03. The molecular weight excluding hydrogens is 282 g/mol. The van der Waals surface area contributed by atoms with Gasteiger partial charge in [0.1, 0.15) is 5.69 Å². The van der Waals surface area contributed by atoms with E-state index in [-0.39, 0.29) is 11.6 Å². The van der Waals surface area contributed by atoms with Gasteiger partial charge in [-0.15, -0.1) is 0 Å². The van der Waals surface area contributed by atoms with Crippen molar-refractivity contribution < 1.29 is 9.72 Å². The second kappa shape index (κ2) is 6.26. The fourth-order valence-electron chi connectivity index (χ4n) is 2.00. The monoisotopic (exact) mass is 299 g/mol. The highest BCUT2D eigenvalue weighted by Crippen LogP contribution is 2.29. The van der Waals surface area contributed by atoms with Crippen molar-refractivity contribution in [3.63, 3.8) is 0 Å². The third-order valence-electron chi connectivity index (χ3n) is 3.36. The lowest BCUT2D eigenvalue weighted by atomic mass is 10.2. The van der Waals surface area contributed by atoms with Gasteiger partial charge >= 0.3 is 0 Å². The molecule has 0 atom stereocenters. The number of aryl methyl sites for hydroxylation is 1. The number of hydrogen-bond donors (Lipinski definition) is 1. The molecule has 1 amide bonds. The Morgan fingerprint density at radius 3 is 2.36 bits per heavy atom. The molecule has 1 N–H and O–H groups in total. The quantitative estimate of drug-likeness (QED) is 0.691. The summed E-state index contributed by atoms with van der Waals surface area (Å²) >= 11 is 0. The average molecular weight is 299 g/mol. The zero-order chi connectivity index (χ0) is 16.3. The van der Waals surface area contributed by atoms with Gasteiger partial charge in [-0.25, -0.2) is 0 Å². The molecular formula is C16H17N3O3. The number of rotatable bonds is 4. The number of nitrogens with one attached hydrogen (secondary N) is 1. The number of benzene rings is 2. The number of carbonyl (C=O) groups is 1. The van der Waals surface area contributed by atoms with Crippen molar-refractivity contribution in [1.82, 2.24) is 0 Å². The molecule has 114 valence electrons. The van der Waals surface area contributed by atoms with E-state index < -0.39 is 4.92 Å². The van der Waals surface area contributed by atoms with Crippen molar-refractivity contribution in [3.8, 4) is 0 Å². The lowest BCUT2D eigenvalue weighted by Gasteiger charge is -2.15. The number of nitro benzene ring substituents is 1. The van der Waals surface area contributed by atoms with Gasteiger partial charge in [0.05, 0.1) is 4.92 Å². The number of hydrogen-bond acceptors (Lipinski definition) is 4. The minimum absolute atomic E-state index is 0.0323. The number of anilines is 3. The van der Waals surface area contributed by atoms with Crippen molar-refractivity contribution in [2.45, 2.75) is 13.8 Å². The first-order valence-corrected chi connectivity index (χ1v) is 6.75. The Morgan fingerprint density at radius 2 is 1.82 bits per heavy atom. The SMILES string of the molecule is CC(=O)N(C)c1ccc(Nc2ccc(C)cc2[N+](=O)[O-])cc1. The van der Waals surface area contributed by atoms with Gasteiger partial charge < -0.3 is 10.2 Å². The highest BCUT2D eigenvalue weighted by Gasteiger charge is 2.14. The van der Waals surface area contributed by atoms with Crippen molar-refractivity contribution in [1.29, 1.82) is 0 Å². The number of amides is 1. The van der Waals surface area contributed by atoms with Crippen LogP contribution in [0, 0.1) is 17.0 Å². The van der Waals surface area contributed by atoms with Gasteiger partial charge in [0.15, 0.2) is 0 Å². The highest BCUT2D eigenvalue weighted by molar-refractivity contribution is 5.91. The van der Waals surface area contributed by atoms with Crippen molar-refractivity contribution in [3.05, 3.63) is 58.1 Å². The molecule has 0 saturated carbocycles. The summed E-state index contributed by atoms with van der Waals surface area (Å²) in [6, 6.07) is 12.1. The predicted octanol–water partition coefficient (Wildman–Crippen LogP) is 3.63. The van der Waals surface area contributed by atoms with E-state index in [9.17, 15) is 14.9 Å². The summed E-state index contributed by atoms with van der Waals surface area (Å²) in [5.74, 6) is -0.0603. The van der Waals surface area contributed by atoms with E-state index in [4.69, 9.17) is 0 Å². The maximum atomic E-state index is 11.3. The van der Waals surface area contributed by atoms with Crippen molar-refractivity contribution in [2.75, 3.05) is 17.3 Å². The van der Waals surface area contributed by atoms with Gasteiger partial charge in [0, 0.05) is 31.4 Å². The molecule has 22 heavy (non-hydrogen) atoms. The summed E-state index contributed by atoms with van der Waals surface area (Å²) in [5, 5.41) is 14.1. The smallest absolute Gasteiger partial charge is 0.292 e. The van der Waals surface area contributed by atoms with Crippen molar-refractivity contribution in [2.24, 2.45) is 0 Å². The molecule has 2 rings (SSSR count). The first kappa shape index (κ1) is 15.5. The normalized spacial score (nSPS) is 10.1. The van der Waals surface area contributed by atoms with E-state index in [1.165, 1.54) is 17.9 Å². The lowest BCUT2D eigenvalue weighted by Crippen LogP contribution is -2.22. The summed E-state index contributed by atoms with van der Waals surface area (Å²) < 4.78 is 0. The largest absolute Gasteiger partial charge is 0.350 e. The standard InChI is InChI=1S/C16H17N3O3/c1-11-4-9-15(16(10-11)19(21)22)17-13-5-7-14(8-6-13)18(3)12(2)20/h4-10,17H,1-3H3. The summed E-state index contributed by atoms with van der Waals surface area (Å²) in [6.07, 6.45) is 0. The molecule has 6 nitrogen and oxygen atoms in total. The average Bonchev–Trinajstić information content (AvgIpc) is 2.48. The van der Waals surface area contributed by atoms with Gasteiger partial charge in [-0.1, -0.05) is 6.07 Å². The zero-order valence-electron chi connectivity index (χ0n) is 12.7. The van der Waals surface area contributed by atoms with Gasteiger partial charge in [-0.2, -0.15) is 0 Å². The molecule has 0 heterocycles. The summed E-state index contributed by atoms with van der Waals surface area (Å²) in [5.41, 5.74) is 2.77. The molecule has 0 radical (unpaired) electrons. The van der Waals surface area contributed by atoms with Crippen molar-refractivity contribution >= 4 is 28.7 Å². The van der Waals surface area contributed by atoms with Gasteiger partial charge in [-0.05, 0) is 42.8 Å². The van der Waals surface area contributed by atoms with Crippen LogP contribution in [0.5, 0.6) is 0 Å². The molecule has 0 bridgehead atoms. The maximum Gasteiger partial charge on any atom is 0.292 e. The zero-order valence-corrected chi connectivity index (χ0v) is 12.7. The van der Waals surface area contributed by atoms with E-state index in [2.05, 4.69) is 5.32 Å². The van der Waals surface area contributed by atoms with E-state index in [0.29, 0.717) is 11.4 Å². The maximum absolute atomic E-state index is 11.3. The van der Waals surface area contributed by atoms with Crippen LogP contribution in [-0.4, -0.2) is 17.9 Å². The minimum atomic E-state index is -0.409. The van der Waals surface area contributed by atoms with Crippen LogP contribution in [0.2, 0.25) is 0 Å². The third-order valence-corrected chi connectivity index (χ3v) is 3.36. The van der Waals surface area contributed by atoms with Gasteiger partial charge in [0.25, 0.3) is 5.69 Å². The van der Waals surface area contributed by atoms with E-state index in [0.717, 1.165) is 11.3 Å². The van der Waals surface area contributed by atoms with Crippen LogP contribution in [-0.2, 0) is 4.79 Å². The highest BCUT2D eigenvalue weighted by atomic mass is 16.6. The van der Waals surface area contributed by atoms with Crippen LogP contribution in [0.15, 0.2) is 42.5 Å². The molecule has 2 aromatic rings. The molecule has 0 aliphatic rings. The van der Waals surface area contributed by atoms with Gasteiger partial charge in [-0.3, -0.25) is 14.9 Å². The van der Waals surface area contributed by atoms with Crippen LogP contribution >= 0.6 is 0 Å². The first-order valence-electron chi connectivity index (χ1n) is 6.75. The van der Waals surface area contributed by atoms with Crippen LogP contribution in [0.25, 0.3) is 0 Å². The number of carbonyl (C=O) groups excluding carboxylic acids is 1. The Kier molecular flexibility index (Phi) is 4.41. The number of nitrogens with zero attached hydrogens (tertiary/aromatic N) is 2. The Bertz CT molecular complexity index is 711. The Hall–Kier alpha value is -2.89. The summed E-state index contributed by atoms with van der Waals surface area (Å²) in [4.78, 5) is 23.5. The fourth-order valence-corrected chi connectivity index (χ4v) is 2.00. The summed E-state index contributed by atoms with van der Waals surface area (Å²) in [7, 11) is 1.69. The first-order chi connectivity index (χ1) is 10.4. The van der Waals surface area contributed by atoms with Crippen LogP contribution in [0.4, 0.5) is 22.7 Å². The van der Waals surface area contributed by atoms with Crippen LogP contribution in [0.1, 0.15) is 12.5 Å². The molecule has 0 aromatic heterocycles. The molecule has 0 aliphatic carbocycles. The molecule has 0 fully saturated rings. The second-order valence-corrected chi connectivity index (χ2v) is 5.03. The summed E-state index contributed by atoms with van der Waals surface area (Å²) in [6.45, 7) is 3.30. The molecule has 0 aliphatic heterocycles. The molecule has 0 spiro atoms. The minimum Gasteiger partial charge on any atom is -0.350 e. The van der Waals surface area contributed by atoms with E-state index in [1.807, 2.05) is 13.0 Å². The molecule has 0 unspecified atom stereocenters. The Balaban J connectivity index is 2.25. The van der Waals surface area contributed by atoms with Crippen LogP contribution in [0.3, 0.4) is 0 Å². The van der Waals surface area contributed by atoms with E-state index >= 15 is 0 Å². The van der Waals surface area contributed by atoms with Gasteiger partial charge in [0.2, 0.25) is 5.91 Å². The fraction of sp³-hybridized carbons (Fsp3) is 0.188. The number of nitro groups is 1. The lowest BCUT2D eigenvalue weighted by molar-refractivity contribution is -0.384. The third kappa shape index (κ3) is 3.41. The predicted molar refractivity (Wildman–Crippen MR) is 86.6 cm³/mol. The Morgan fingerprint density at radius 1 is 1.18 bits per heavy atom.